The van der Waals surface area contributed by atoms with Gasteiger partial charge in [0.2, 0.25) is 0 Å². The minimum atomic E-state index is 0.0974. The summed E-state index contributed by atoms with van der Waals surface area (Å²) in [7, 11) is 0. The molecule has 4 nitrogen and oxygen atoms in total. The maximum atomic E-state index is 11.7. The summed E-state index contributed by atoms with van der Waals surface area (Å²) in [4.78, 5) is 13.6. The fourth-order valence-electron chi connectivity index (χ4n) is 1.77. The monoisotopic (exact) mass is 198 g/mol. The van der Waals surface area contributed by atoms with Crippen LogP contribution < -0.4 is 5.32 Å². The average molecular weight is 198 g/mol. The lowest BCUT2D eigenvalue weighted by Crippen LogP contribution is -2.48. The van der Waals surface area contributed by atoms with Gasteiger partial charge in [0, 0.05) is 25.7 Å². The summed E-state index contributed by atoms with van der Waals surface area (Å²) in [5.41, 5.74) is 0. The summed E-state index contributed by atoms with van der Waals surface area (Å²) < 4.78 is 5.30. The average Bonchev–Trinajstić information content (AvgIpc) is 2.38. The van der Waals surface area contributed by atoms with Gasteiger partial charge in [0.15, 0.2) is 0 Å². The van der Waals surface area contributed by atoms with E-state index in [1.165, 1.54) is 6.42 Å². The molecule has 0 radical (unpaired) electrons. The van der Waals surface area contributed by atoms with Crippen LogP contribution in [0.4, 0.5) is 4.79 Å². The van der Waals surface area contributed by atoms with Crippen LogP contribution in [-0.4, -0.2) is 43.3 Å². The largest absolute Gasteiger partial charge is 0.380 e. The Balaban J connectivity index is 1.76. The lowest BCUT2D eigenvalue weighted by Gasteiger charge is -2.29. The van der Waals surface area contributed by atoms with Crippen molar-refractivity contribution < 1.29 is 9.53 Å². The van der Waals surface area contributed by atoms with Crippen LogP contribution in [0.5, 0.6) is 0 Å². The highest BCUT2D eigenvalue weighted by Gasteiger charge is 2.22. The predicted molar refractivity (Wildman–Crippen MR) is 53.2 cm³/mol. The number of hydrogen-bond acceptors (Lipinski definition) is 2. The summed E-state index contributed by atoms with van der Waals surface area (Å²) in [5, 5.41) is 3.05. The summed E-state index contributed by atoms with van der Waals surface area (Å²) in [5.74, 6) is 0. The molecule has 0 atom stereocenters. The molecule has 2 aliphatic rings. The highest BCUT2D eigenvalue weighted by atomic mass is 16.5. The molecular formula is C10H18N2O2. The first-order chi connectivity index (χ1) is 6.86. The minimum Gasteiger partial charge on any atom is -0.380 e. The van der Waals surface area contributed by atoms with Crippen LogP contribution in [0.25, 0.3) is 0 Å². The Labute approximate surface area is 84.6 Å². The molecule has 2 rings (SSSR count). The molecule has 0 aromatic heterocycles. The van der Waals surface area contributed by atoms with Crippen molar-refractivity contribution in [2.24, 2.45) is 0 Å². The van der Waals surface area contributed by atoms with Crippen molar-refractivity contribution in [2.75, 3.05) is 26.3 Å². The highest BCUT2D eigenvalue weighted by molar-refractivity contribution is 5.74. The Bertz CT molecular complexity index is 196. The van der Waals surface area contributed by atoms with Gasteiger partial charge in [-0.2, -0.15) is 0 Å². The molecule has 1 saturated heterocycles. The first-order valence-electron chi connectivity index (χ1n) is 5.49. The second kappa shape index (κ2) is 4.64. The smallest absolute Gasteiger partial charge is 0.317 e. The van der Waals surface area contributed by atoms with Crippen LogP contribution in [0.3, 0.4) is 0 Å². The van der Waals surface area contributed by atoms with Crippen LogP contribution in [-0.2, 0) is 4.74 Å². The topological polar surface area (TPSA) is 41.6 Å². The number of carbonyl (C=O) groups excluding carboxylic acids is 1. The van der Waals surface area contributed by atoms with Crippen molar-refractivity contribution in [1.82, 2.24) is 10.2 Å². The Morgan fingerprint density at radius 3 is 2.79 bits per heavy atom. The third-order valence-corrected chi connectivity index (χ3v) is 2.94. The van der Waals surface area contributed by atoms with E-state index >= 15 is 0 Å². The Morgan fingerprint density at radius 1 is 1.21 bits per heavy atom. The van der Waals surface area contributed by atoms with E-state index in [0.29, 0.717) is 12.6 Å². The summed E-state index contributed by atoms with van der Waals surface area (Å²) in [6, 6.07) is 0.534. The van der Waals surface area contributed by atoms with E-state index in [0.717, 1.165) is 39.0 Å². The summed E-state index contributed by atoms with van der Waals surface area (Å²) >= 11 is 0. The fourth-order valence-corrected chi connectivity index (χ4v) is 1.77. The zero-order chi connectivity index (χ0) is 9.80. The third kappa shape index (κ3) is 2.38. The highest BCUT2D eigenvalue weighted by Crippen LogP contribution is 2.18. The predicted octanol–water partition coefficient (Wildman–Crippen LogP) is 0.971. The van der Waals surface area contributed by atoms with E-state index in [-0.39, 0.29) is 6.03 Å². The number of amides is 2. The van der Waals surface area contributed by atoms with Gasteiger partial charge in [-0.15, -0.1) is 0 Å². The van der Waals surface area contributed by atoms with Crippen LogP contribution in [0.2, 0.25) is 0 Å². The van der Waals surface area contributed by atoms with Gasteiger partial charge in [0.05, 0.1) is 6.61 Å². The molecule has 1 heterocycles. The summed E-state index contributed by atoms with van der Waals surface area (Å²) in [6.07, 6.45) is 4.51. The molecule has 2 amide bonds. The number of rotatable bonds is 1. The number of hydrogen-bond donors (Lipinski definition) is 1. The van der Waals surface area contributed by atoms with Crippen molar-refractivity contribution in [3.63, 3.8) is 0 Å². The molecule has 0 spiro atoms. The molecule has 80 valence electrons. The minimum absolute atomic E-state index is 0.0974. The number of nitrogens with zero attached hydrogens (tertiary/aromatic N) is 1. The Kier molecular flexibility index (Phi) is 3.24. The summed E-state index contributed by atoms with van der Waals surface area (Å²) in [6.45, 7) is 3.03. The van der Waals surface area contributed by atoms with E-state index in [1.807, 2.05) is 4.90 Å². The molecule has 1 N–H and O–H groups in total. The van der Waals surface area contributed by atoms with E-state index in [1.54, 1.807) is 0 Å². The molecule has 1 aliphatic carbocycles. The van der Waals surface area contributed by atoms with Crippen molar-refractivity contribution >= 4 is 6.03 Å². The second-order valence-corrected chi connectivity index (χ2v) is 4.03. The number of carbonyl (C=O) groups is 1. The first-order valence-corrected chi connectivity index (χ1v) is 5.49. The van der Waals surface area contributed by atoms with Gasteiger partial charge < -0.3 is 15.0 Å². The molecule has 1 aliphatic heterocycles. The Hall–Kier alpha value is -0.770. The van der Waals surface area contributed by atoms with Crippen LogP contribution in [0.1, 0.15) is 25.7 Å². The lowest BCUT2D eigenvalue weighted by molar-refractivity contribution is 0.141. The second-order valence-electron chi connectivity index (χ2n) is 4.03. The van der Waals surface area contributed by atoms with E-state index in [4.69, 9.17) is 4.74 Å². The van der Waals surface area contributed by atoms with Gasteiger partial charge in [-0.1, -0.05) is 0 Å². The van der Waals surface area contributed by atoms with E-state index < -0.39 is 0 Å². The van der Waals surface area contributed by atoms with Crippen molar-refractivity contribution in [3.05, 3.63) is 0 Å². The zero-order valence-electron chi connectivity index (χ0n) is 8.50. The van der Waals surface area contributed by atoms with Gasteiger partial charge >= 0.3 is 6.03 Å². The number of nitrogens with one attached hydrogen (secondary N) is 1. The molecule has 0 aromatic carbocycles. The van der Waals surface area contributed by atoms with Crippen molar-refractivity contribution in [1.29, 1.82) is 0 Å². The molecular weight excluding hydrogens is 180 g/mol. The first kappa shape index (κ1) is 9.77. The maximum absolute atomic E-state index is 11.7. The van der Waals surface area contributed by atoms with Gasteiger partial charge in [-0.25, -0.2) is 4.79 Å². The van der Waals surface area contributed by atoms with E-state index in [9.17, 15) is 4.79 Å². The molecule has 0 unspecified atom stereocenters. The zero-order valence-corrected chi connectivity index (χ0v) is 8.50. The molecule has 14 heavy (non-hydrogen) atoms. The van der Waals surface area contributed by atoms with Crippen LogP contribution >= 0.6 is 0 Å². The molecule has 0 aromatic rings. The molecule has 2 fully saturated rings. The number of ether oxygens (including phenoxy) is 1. The van der Waals surface area contributed by atoms with Gasteiger partial charge in [-0.3, -0.25) is 0 Å². The van der Waals surface area contributed by atoms with Crippen LogP contribution in [0, 0.1) is 0 Å². The maximum Gasteiger partial charge on any atom is 0.317 e. The quantitative estimate of drug-likeness (QED) is 0.682. The number of urea groups is 1. The fraction of sp³-hybridized carbons (Fsp3) is 0.900. The van der Waals surface area contributed by atoms with Gasteiger partial charge in [0.25, 0.3) is 0 Å². The lowest BCUT2D eigenvalue weighted by atomic mass is 9.93. The molecule has 4 heteroatoms. The third-order valence-electron chi connectivity index (χ3n) is 2.94. The van der Waals surface area contributed by atoms with Gasteiger partial charge in [-0.05, 0) is 25.7 Å². The normalized spacial score (nSPS) is 23.9. The van der Waals surface area contributed by atoms with Crippen molar-refractivity contribution in [3.8, 4) is 0 Å². The SMILES string of the molecule is O=C(NC1CCC1)N1CCCOCC1. The Morgan fingerprint density at radius 2 is 2.07 bits per heavy atom. The molecule has 0 bridgehead atoms. The van der Waals surface area contributed by atoms with Crippen LogP contribution in [0.15, 0.2) is 0 Å². The molecule has 1 saturated carbocycles. The van der Waals surface area contributed by atoms with Gasteiger partial charge in [0.1, 0.15) is 0 Å². The van der Waals surface area contributed by atoms with Crippen molar-refractivity contribution in [2.45, 2.75) is 31.7 Å². The van der Waals surface area contributed by atoms with E-state index in [2.05, 4.69) is 5.32 Å². The standard InChI is InChI=1S/C10H18N2O2/c13-10(11-9-3-1-4-9)12-5-2-7-14-8-6-12/h9H,1-8H2,(H,11,13).